The van der Waals surface area contributed by atoms with Crippen LogP contribution in [0.3, 0.4) is 0 Å². The van der Waals surface area contributed by atoms with Crippen molar-refractivity contribution in [3.05, 3.63) is 65.9 Å². The molecule has 11 nitrogen and oxygen atoms in total. The SMILES string of the molecule is O=C(O)CCCCCNC(=O)Nc1cccc2c(C(=O)C(=O)N3CCN(C(=O)c4ccccc4)CC3)c[nH]c12. The first-order valence-corrected chi connectivity index (χ1v) is 12.9. The van der Waals surface area contributed by atoms with E-state index in [1.807, 2.05) is 6.07 Å². The first-order chi connectivity index (χ1) is 18.8. The van der Waals surface area contributed by atoms with Crippen LogP contribution in [0.2, 0.25) is 0 Å². The molecule has 1 fully saturated rings. The molecule has 2 aromatic carbocycles. The molecule has 1 aliphatic rings. The Morgan fingerprint density at radius 1 is 0.846 bits per heavy atom. The van der Waals surface area contributed by atoms with Crippen molar-refractivity contribution in [2.24, 2.45) is 0 Å². The second kappa shape index (κ2) is 12.7. The van der Waals surface area contributed by atoms with Gasteiger partial charge in [0.1, 0.15) is 0 Å². The number of hydrogen-bond acceptors (Lipinski definition) is 5. The molecule has 204 valence electrons. The van der Waals surface area contributed by atoms with Crippen molar-refractivity contribution in [2.45, 2.75) is 25.7 Å². The third kappa shape index (κ3) is 6.81. The molecular formula is C28H31N5O6. The number of H-pyrrole nitrogens is 1. The summed E-state index contributed by atoms with van der Waals surface area (Å²) in [5.41, 5.74) is 1.76. The van der Waals surface area contributed by atoms with Crippen LogP contribution in [0.15, 0.2) is 54.7 Å². The van der Waals surface area contributed by atoms with E-state index in [9.17, 15) is 24.0 Å². The Morgan fingerprint density at radius 2 is 1.56 bits per heavy atom. The molecule has 0 aliphatic carbocycles. The molecule has 3 aromatic rings. The van der Waals surface area contributed by atoms with E-state index in [1.54, 1.807) is 47.4 Å². The molecule has 39 heavy (non-hydrogen) atoms. The molecule has 0 unspecified atom stereocenters. The fourth-order valence-corrected chi connectivity index (χ4v) is 4.53. The number of carboxylic acids is 1. The van der Waals surface area contributed by atoms with E-state index in [1.165, 1.54) is 11.1 Å². The summed E-state index contributed by atoms with van der Waals surface area (Å²) in [6.45, 7) is 1.59. The summed E-state index contributed by atoms with van der Waals surface area (Å²) in [5, 5.41) is 14.7. The minimum absolute atomic E-state index is 0.104. The van der Waals surface area contributed by atoms with Gasteiger partial charge in [-0.3, -0.25) is 19.2 Å². The molecule has 4 N–H and O–H groups in total. The highest BCUT2D eigenvalue weighted by molar-refractivity contribution is 6.45. The zero-order chi connectivity index (χ0) is 27.8. The average Bonchev–Trinajstić information content (AvgIpc) is 3.39. The number of unbranched alkanes of at least 4 members (excludes halogenated alkanes) is 2. The van der Waals surface area contributed by atoms with E-state index < -0.39 is 23.7 Å². The topological polar surface area (TPSA) is 152 Å². The quantitative estimate of drug-likeness (QED) is 0.179. The number of nitrogens with zero attached hydrogens (tertiary/aromatic N) is 2. The van der Waals surface area contributed by atoms with Crippen molar-refractivity contribution in [3.63, 3.8) is 0 Å². The largest absolute Gasteiger partial charge is 0.481 e. The monoisotopic (exact) mass is 533 g/mol. The fourth-order valence-electron chi connectivity index (χ4n) is 4.53. The number of hydrogen-bond donors (Lipinski definition) is 4. The summed E-state index contributed by atoms with van der Waals surface area (Å²) in [6.07, 6.45) is 3.47. The zero-order valence-corrected chi connectivity index (χ0v) is 21.4. The summed E-state index contributed by atoms with van der Waals surface area (Å²) >= 11 is 0. The number of aromatic nitrogens is 1. The number of rotatable bonds is 10. The van der Waals surface area contributed by atoms with Gasteiger partial charge in [0.15, 0.2) is 0 Å². The number of carbonyl (C=O) groups is 5. The van der Waals surface area contributed by atoms with Crippen LogP contribution in [0.1, 0.15) is 46.4 Å². The van der Waals surface area contributed by atoms with Gasteiger partial charge in [0.25, 0.3) is 17.6 Å². The number of nitrogens with one attached hydrogen (secondary N) is 3. The van der Waals surface area contributed by atoms with Crippen LogP contribution in [-0.2, 0) is 9.59 Å². The van der Waals surface area contributed by atoms with Gasteiger partial charge in [0.2, 0.25) is 0 Å². The predicted octanol–water partition coefficient (Wildman–Crippen LogP) is 3.10. The van der Waals surface area contributed by atoms with Crippen molar-refractivity contribution in [1.82, 2.24) is 20.1 Å². The van der Waals surface area contributed by atoms with E-state index in [-0.39, 0.29) is 31.0 Å². The zero-order valence-electron chi connectivity index (χ0n) is 21.4. The van der Waals surface area contributed by atoms with Crippen molar-refractivity contribution in [2.75, 3.05) is 38.0 Å². The maximum atomic E-state index is 13.1. The Labute approximate surface area is 225 Å². The maximum Gasteiger partial charge on any atom is 0.319 e. The van der Waals surface area contributed by atoms with Gasteiger partial charge in [-0.25, -0.2) is 4.79 Å². The number of ketones is 1. The lowest BCUT2D eigenvalue weighted by Crippen LogP contribution is -2.52. The molecule has 0 radical (unpaired) electrons. The minimum atomic E-state index is -0.836. The van der Waals surface area contributed by atoms with Crippen LogP contribution in [-0.4, -0.2) is 82.2 Å². The Kier molecular flexibility index (Phi) is 8.93. The smallest absolute Gasteiger partial charge is 0.319 e. The normalized spacial score (nSPS) is 13.2. The summed E-state index contributed by atoms with van der Waals surface area (Å²) in [5.74, 6) is -2.24. The van der Waals surface area contributed by atoms with Crippen LogP contribution < -0.4 is 10.6 Å². The second-order valence-corrected chi connectivity index (χ2v) is 9.30. The Balaban J connectivity index is 1.32. The van der Waals surface area contributed by atoms with Gasteiger partial charge in [0, 0.05) is 56.3 Å². The van der Waals surface area contributed by atoms with Gasteiger partial charge < -0.3 is 30.5 Å². The number of carbonyl (C=O) groups excluding carboxylic acids is 4. The molecule has 4 rings (SSSR count). The van der Waals surface area contributed by atoms with E-state index in [4.69, 9.17) is 5.11 Å². The molecule has 11 heteroatoms. The number of fused-ring (bicyclic) bond motifs is 1. The number of aliphatic carboxylic acids is 1. The molecule has 1 saturated heterocycles. The van der Waals surface area contributed by atoms with Crippen molar-refractivity contribution >= 4 is 46.2 Å². The standard InChI is InChI=1S/C28H31N5O6/c34-23(35)12-5-2-6-13-29-28(39)31-22-11-7-10-20-21(18-30-24(20)22)25(36)27(38)33-16-14-32(15-17-33)26(37)19-8-3-1-4-9-19/h1,3-4,7-11,18,30H,2,5-6,12-17H2,(H,34,35)(H2,29,31,39). The van der Waals surface area contributed by atoms with E-state index >= 15 is 0 Å². The molecular weight excluding hydrogens is 502 g/mol. The highest BCUT2D eigenvalue weighted by Gasteiger charge is 2.30. The Bertz CT molecular complexity index is 1360. The molecule has 0 atom stereocenters. The third-order valence-corrected chi connectivity index (χ3v) is 6.63. The van der Waals surface area contributed by atoms with E-state index in [2.05, 4.69) is 15.6 Å². The van der Waals surface area contributed by atoms with Gasteiger partial charge in [-0.1, -0.05) is 36.8 Å². The number of piperazine rings is 1. The van der Waals surface area contributed by atoms with Crippen molar-refractivity contribution in [1.29, 1.82) is 0 Å². The summed E-state index contributed by atoms with van der Waals surface area (Å²) in [6, 6.07) is 13.6. The minimum Gasteiger partial charge on any atom is -0.481 e. The van der Waals surface area contributed by atoms with Gasteiger partial charge in [-0.05, 0) is 31.0 Å². The molecule has 1 aromatic heterocycles. The molecule has 0 bridgehead atoms. The predicted molar refractivity (Wildman–Crippen MR) is 145 cm³/mol. The fraction of sp³-hybridized carbons (Fsp3) is 0.321. The number of urea groups is 1. The molecule has 0 spiro atoms. The number of anilines is 1. The van der Waals surface area contributed by atoms with Crippen LogP contribution >= 0.6 is 0 Å². The molecule has 0 saturated carbocycles. The first kappa shape index (κ1) is 27.4. The van der Waals surface area contributed by atoms with Crippen molar-refractivity contribution in [3.8, 4) is 0 Å². The van der Waals surface area contributed by atoms with Crippen LogP contribution in [0.4, 0.5) is 10.5 Å². The van der Waals surface area contributed by atoms with Gasteiger partial charge in [-0.2, -0.15) is 0 Å². The van der Waals surface area contributed by atoms with Gasteiger partial charge in [0.05, 0.1) is 16.8 Å². The lowest BCUT2D eigenvalue weighted by atomic mass is 10.1. The van der Waals surface area contributed by atoms with E-state index in [0.717, 1.165) is 0 Å². The first-order valence-electron chi connectivity index (χ1n) is 12.9. The lowest BCUT2D eigenvalue weighted by molar-refractivity contribution is -0.137. The van der Waals surface area contributed by atoms with Crippen molar-refractivity contribution < 1.29 is 29.1 Å². The van der Waals surface area contributed by atoms with Crippen LogP contribution in [0, 0.1) is 0 Å². The van der Waals surface area contributed by atoms with Crippen LogP contribution in [0.5, 0.6) is 0 Å². The second-order valence-electron chi connectivity index (χ2n) is 9.30. The molecule has 4 amide bonds. The maximum absolute atomic E-state index is 13.1. The summed E-state index contributed by atoms with van der Waals surface area (Å²) < 4.78 is 0. The van der Waals surface area contributed by atoms with Gasteiger partial charge in [-0.15, -0.1) is 0 Å². The number of aromatic amines is 1. The average molecular weight is 534 g/mol. The number of carboxylic acid groups (broad SMARTS) is 1. The lowest BCUT2D eigenvalue weighted by Gasteiger charge is -2.34. The third-order valence-electron chi connectivity index (χ3n) is 6.63. The number of benzene rings is 2. The number of Topliss-reactive ketones (excluding diaryl/α,β-unsaturated/α-hetero) is 1. The number of amides is 4. The summed E-state index contributed by atoms with van der Waals surface area (Å²) in [4.78, 5) is 67.8. The van der Waals surface area contributed by atoms with Crippen LogP contribution in [0.25, 0.3) is 10.9 Å². The Morgan fingerprint density at radius 3 is 2.28 bits per heavy atom. The highest BCUT2D eigenvalue weighted by atomic mass is 16.4. The highest BCUT2D eigenvalue weighted by Crippen LogP contribution is 2.26. The van der Waals surface area contributed by atoms with Gasteiger partial charge >= 0.3 is 12.0 Å². The molecule has 1 aliphatic heterocycles. The number of para-hydroxylation sites is 1. The molecule has 2 heterocycles. The van der Waals surface area contributed by atoms with E-state index in [0.29, 0.717) is 61.1 Å². The Hall–Kier alpha value is -4.67. The summed E-state index contributed by atoms with van der Waals surface area (Å²) in [7, 11) is 0.